The number of carbonyl (C=O) groups is 1. The molecule has 4 aromatic rings. The zero-order valence-corrected chi connectivity index (χ0v) is 20.8. The Labute approximate surface area is 207 Å². The van der Waals surface area contributed by atoms with Gasteiger partial charge in [-0.1, -0.05) is 72.8 Å². The Morgan fingerprint density at radius 3 is 1.51 bits per heavy atom. The molecule has 0 aliphatic carbocycles. The summed E-state index contributed by atoms with van der Waals surface area (Å²) in [5, 5.41) is 3.11. The van der Waals surface area contributed by atoms with Crippen molar-refractivity contribution in [2.24, 2.45) is 10.9 Å². The molecule has 35 heavy (non-hydrogen) atoms. The summed E-state index contributed by atoms with van der Waals surface area (Å²) in [5.41, 5.74) is 0.714. The van der Waals surface area contributed by atoms with Gasteiger partial charge in [0.05, 0.1) is 12.3 Å². The van der Waals surface area contributed by atoms with Crippen molar-refractivity contribution in [3.8, 4) is 0 Å². The molecule has 0 aromatic heterocycles. The summed E-state index contributed by atoms with van der Waals surface area (Å²) in [6.45, 7) is 3.88. The van der Waals surface area contributed by atoms with Crippen LogP contribution in [0.5, 0.6) is 0 Å². The molecule has 0 aliphatic rings. The standard InChI is InChI=1S/C30H29NO3P/c1-3-33-30(32)24(2)29(31-25-16-8-4-9-17-25)34-35(26-18-10-5-11-19-26,27-20-12-6-13-21-27)28-22-14-7-15-23-28/h4-24H,3H2,1-2H3/q+1. The second kappa shape index (κ2) is 11.6. The van der Waals surface area contributed by atoms with Gasteiger partial charge in [0, 0.05) is 0 Å². The fourth-order valence-electron chi connectivity index (χ4n) is 3.85. The Morgan fingerprint density at radius 2 is 1.11 bits per heavy atom. The van der Waals surface area contributed by atoms with E-state index < -0.39 is 13.4 Å². The van der Waals surface area contributed by atoms with E-state index >= 15 is 0 Å². The molecule has 0 saturated heterocycles. The average Bonchev–Trinajstić information content (AvgIpc) is 2.93. The number of para-hydroxylation sites is 1. The van der Waals surface area contributed by atoms with E-state index in [1.54, 1.807) is 13.8 Å². The minimum absolute atomic E-state index is 0.290. The molecular weight excluding hydrogens is 453 g/mol. The molecule has 1 atom stereocenters. The fourth-order valence-corrected chi connectivity index (χ4v) is 7.32. The lowest BCUT2D eigenvalue weighted by molar-refractivity contribution is -0.145. The van der Waals surface area contributed by atoms with Crippen LogP contribution >= 0.6 is 7.49 Å². The third-order valence-corrected chi connectivity index (χ3v) is 9.13. The third-order valence-electron chi connectivity index (χ3n) is 5.60. The van der Waals surface area contributed by atoms with Crippen LogP contribution in [-0.4, -0.2) is 18.5 Å². The number of benzene rings is 4. The first-order valence-electron chi connectivity index (χ1n) is 11.7. The van der Waals surface area contributed by atoms with Crippen molar-refractivity contribution in [2.45, 2.75) is 13.8 Å². The average molecular weight is 483 g/mol. The summed E-state index contributed by atoms with van der Waals surface area (Å²) >= 11 is 0. The summed E-state index contributed by atoms with van der Waals surface area (Å²) in [4.78, 5) is 17.7. The monoisotopic (exact) mass is 482 g/mol. The van der Waals surface area contributed by atoms with Crippen molar-refractivity contribution < 1.29 is 14.1 Å². The second-order valence-electron chi connectivity index (χ2n) is 7.97. The van der Waals surface area contributed by atoms with Gasteiger partial charge < -0.3 is 9.26 Å². The van der Waals surface area contributed by atoms with Crippen LogP contribution in [0.15, 0.2) is 126 Å². The van der Waals surface area contributed by atoms with E-state index in [0.29, 0.717) is 11.6 Å². The molecule has 0 radical (unpaired) electrons. The van der Waals surface area contributed by atoms with Gasteiger partial charge in [0.1, 0.15) is 21.8 Å². The minimum Gasteiger partial charge on any atom is -0.465 e. The maximum Gasteiger partial charge on any atom is 0.318 e. The molecule has 4 rings (SSSR count). The molecular formula is C30H29NO3P+. The number of rotatable bonds is 8. The Balaban J connectivity index is 1.97. The van der Waals surface area contributed by atoms with Gasteiger partial charge in [-0.2, -0.15) is 0 Å². The number of nitrogens with zero attached hydrogens (tertiary/aromatic N) is 1. The van der Waals surface area contributed by atoms with Crippen LogP contribution in [0.3, 0.4) is 0 Å². The van der Waals surface area contributed by atoms with Gasteiger partial charge in [-0.05, 0) is 62.4 Å². The lowest BCUT2D eigenvalue weighted by Crippen LogP contribution is -2.37. The second-order valence-corrected chi connectivity index (χ2v) is 10.9. The van der Waals surface area contributed by atoms with E-state index in [2.05, 4.69) is 36.4 Å². The highest BCUT2D eigenvalue weighted by Crippen LogP contribution is 2.57. The van der Waals surface area contributed by atoms with Crippen LogP contribution in [0.4, 0.5) is 5.69 Å². The highest BCUT2D eigenvalue weighted by atomic mass is 31.2. The van der Waals surface area contributed by atoms with E-state index in [0.717, 1.165) is 15.9 Å². The quantitative estimate of drug-likeness (QED) is 0.137. The molecule has 0 aliphatic heterocycles. The van der Waals surface area contributed by atoms with Crippen LogP contribution in [0.2, 0.25) is 0 Å². The molecule has 0 saturated carbocycles. The lowest BCUT2D eigenvalue weighted by atomic mass is 10.2. The highest BCUT2D eigenvalue weighted by Gasteiger charge is 2.51. The van der Waals surface area contributed by atoms with Crippen LogP contribution in [0.1, 0.15) is 13.8 Å². The molecule has 0 spiro atoms. The molecule has 1 unspecified atom stereocenters. The minimum atomic E-state index is -2.70. The molecule has 0 fully saturated rings. The number of aliphatic imine (C=N–C) groups is 1. The van der Waals surface area contributed by atoms with Gasteiger partial charge in [0.2, 0.25) is 0 Å². The number of carbonyl (C=O) groups excluding carboxylic acids is 1. The van der Waals surface area contributed by atoms with Gasteiger partial charge in [0.15, 0.2) is 0 Å². The SMILES string of the molecule is CCOC(=O)C(C)C(=Nc1ccccc1)O[P+](c1ccccc1)(c1ccccc1)c1ccccc1. The van der Waals surface area contributed by atoms with Crippen LogP contribution in [0, 0.1) is 5.92 Å². The zero-order chi connectivity index (χ0) is 24.5. The molecule has 0 heterocycles. The molecule has 4 aromatic carbocycles. The molecule has 0 amide bonds. The molecule has 0 bridgehead atoms. The normalized spacial score (nSPS) is 12.6. The van der Waals surface area contributed by atoms with Gasteiger partial charge >= 0.3 is 5.97 Å². The third kappa shape index (κ3) is 5.50. The van der Waals surface area contributed by atoms with Crippen LogP contribution in [-0.2, 0) is 14.1 Å². The number of hydrogen-bond donors (Lipinski definition) is 0. The fraction of sp³-hybridized carbons (Fsp3) is 0.133. The van der Waals surface area contributed by atoms with Crippen molar-refractivity contribution in [3.05, 3.63) is 121 Å². The maximum absolute atomic E-state index is 12.9. The first kappa shape index (κ1) is 24.4. The maximum atomic E-state index is 12.9. The first-order chi connectivity index (χ1) is 17.1. The van der Waals surface area contributed by atoms with Crippen molar-refractivity contribution in [3.63, 3.8) is 0 Å². The van der Waals surface area contributed by atoms with E-state index in [-0.39, 0.29) is 12.6 Å². The number of ether oxygens (including phenoxy) is 1. The summed E-state index contributed by atoms with van der Waals surface area (Å²) < 4.78 is 12.5. The van der Waals surface area contributed by atoms with Gasteiger partial charge in [0.25, 0.3) is 13.4 Å². The molecule has 5 heteroatoms. The Bertz CT molecular complexity index is 1150. The Hall–Kier alpha value is -3.75. The van der Waals surface area contributed by atoms with Gasteiger partial charge in [-0.15, -0.1) is 0 Å². The number of esters is 1. The molecule has 4 nitrogen and oxygen atoms in total. The van der Waals surface area contributed by atoms with Crippen molar-refractivity contribution in [1.82, 2.24) is 0 Å². The summed E-state index contributed by atoms with van der Waals surface area (Å²) in [6.07, 6.45) is 0. The summed E-state index contributed by atoms with van der Waals surface area (Å²) in [7, 11) is -2.70. The van der Waals surface area contributed by atoms with Crippen molar-refractivity contribution in [2.75, 3.05) is 6.61 Å². The first-order valence-corrected chi connectivity index (χ1v) is 13.4. The largest absolute Gasteiger partial charge is 0.465 e. The Kier molecular flexibility index (Phi) is 8.07. The topological polar surface area (TPSA) is 47.9 Å². The predicted molar refractivity (Wildman–Crippen MR) is 146 cm³/mol. The van der Waals surface area contributed by atoms with Gasteiger partial charge in [-0.25, -0.2) is 4.99 Å². The Morgan fingerprint density at radius 1 is 0.714 bits per heavy atom. The van der Waals surface area contributed by atoms with E-state index in [4.69, 9.17) is 14.3 Å². The zero-order valence-electron chi connectivity index (χ0n) is 20.0. The van der Waals surface area contributed by atoms with Crippen molar-refractivity contribution >= 4 is 41.0 Å². The molecule has 0 N–H and O–H groups in total. The van der Waals surface area contributed by atoms with Crippen LogP contribution < -0.4 is 15.9 Å². The van der Waals surface area contributed by atoms with E-state index in [1.807, 2.05) is 84.9 Å². The van der Waals surface area contributed by atoms with E-state index in [1.165, 1.54) is 0 Å². The lowest BCUT2D eigenvalue weighted by Gasteiger charge is -2.27. The van der Waals surface area contributed by atoms with E-state index in [9.17, 15) is 4.79 Å². The highest BCUT2D eigenvalue weighted by molar-refractivity contribution is 7.92. The smallest absolute Gasteiger partial charge is 0.318 e. The summed E-state index contributed by atoms with van der Waals surface area (Å²) in [6, 6.07) is 40.2. The molecule has 176 valence electrons. The number of hydrogen-bond acceptors (Lipinski definition) is 4. The van der Waals surface area contributed by atoms with Gasteiger partial charge in [-0.3, -0.25) is 4.79 Å². The summed E-state index contributed by atoms with van der Waals surface area (Å²) in [5.74, 6) is -0.723. The predicted octanol–water partition coefficient (Wildman–Crippen LogP) is 5.84. The van der Waals surface area contributed by atoms with Crippen LogP contribution in [0.25, 0.3) is 0 Å². The van der Waals surface area contributed by atoms with Crippen molar-refractivity contribution in [1.29, 1.82) is 0 Å².